The van der Waals surface area contributed by atoms with Crippen LogP contribution in [0.3, 0.4) is 0 Å². The highest BCUT2D eigenvalue weighted by Crippen LogP contribution is 2.26. The molecule has 4 amide bonds. The minimum Gasteiger partial charge on any atom is -0.444 e. The summed E-state index contributed by atoms with van der Waals surface area (Å²) in [6.45, 7) is 8.30. The second-order valence-electron chi connectivity index (χ2n) is 10.1. The van der Waals surface area contributed by atoms with Crippen LogP contribution in [0.2, 0.25) is 5.02 Å². The molecule has 0 aromatic heterocycles. The van der Waals surface area contributed by atoms with Crippen LogP contribution in [0.5, 0.6) is 0 Å². The van der Waals surface area contributed by atoms with E-state index in [0.29, 0.717) is 23.8 Å². The topological polar surface area (TPSA) is 99.8 Å². The van der Waals surface area contributed by atoms with Gasteiger partial charge in [-0.3, -0.25) is 4.79 Å². The summed E-state index contributed by atoms with van der Waals surface area (Å²) in [5, 5.41) is 9.16. The third-order valence-corrected chi connectivity index (χ3v) is 6.12. The number of urea groups is 1. The summed E-state index contributed by atoms with van der Waals surface area (Å²) in [7, 11) is 0. The Kier molecular flexibility index (Phi) is 9.20. The number of hydrogen-bond acceptors (Lipinski definition) is 4. The summed E-state index contributed by atoms with van der Waals surface area (Å²) < 4.78 is 5.54. The van der Waals surface area contributed by atoms with E-state index in [4.69, 9.17) is 16.3 Å². The summed E-state index contributed by atoms with van der Waals surface area (Å²) in [5.41, 5.74) is 1.83. The third kappa shape index (κ3) is 8.45. The van der Waals surface area contributed by atoms with Gasteiger partial charge < -0.3 is 25.6 Å². The smallest absolute Gasteiger partial charge is 0.410 e. The van der Waals surface area contributed by atoms with Crippen LogP contribution in [-0.2, 0) is 22.5 Å². The molecule has 0 spiro atoms. The van der Waals surface area contributed by atoms with Crippen molar-refractivity contribution in [2.24, 2.45) is 0 Å². The summed E-state index contributed by atoms with van der Waals surface area (Å²) >= 11 is 5.87. The number of likely N-dealkylation sites (tertiary alicyclic amines) is 1. The average Bonchev–Trinajstić information content (AvgIpc) is 3.18. The number of carbonyl (C=O) groups excluding carboxylic acids is 3. The van der Waals surface area contributed by atoms with Gasteiger partial charge in [0.1, 0.15) is 5.60 Å². The van der Waals surface area contributed by atoms with E-state index < -0.39 is 5.60 Å². The Bertz CT molecular complexity index is 1050. The number of hydrogen-bond donors (Lipinski definition) is 3. The molecule has 36 heavy (non-hydrogen) atoms. The van der Waals surface area contributed by atoms with Crippen LogP contribution in [0.1, 0.15) is 51.7 Å². The molecule has 2 unspecified atom stereocenters. The largest absolute Gasteiger partial charge is 0.444 e. The van der Waals surface area contributed by atoms with Crippen LogP contribution >= 0.6 is 11.6 Å². The van der Waals surface area contributed by atoms with Crippen LogP contribution in [0.25, 0.3) is 0 Å². The van der Waals surface area contributed by atoms with Crippen LogP contribution in [0, 0.1) is 0 Å². The Hall–Kier alpha value is -3.26. The number of nitrogens with one attached hydrogen (secondary N) is 3. The van der Waals surface area contributed by atoms with Crippen molar-refractivity contribution in [3.05, 3.63) is 64.7 Å². The molecule has 1 aliphatic heterocycles. The van der Waals surface area contributed by atoms with Gasteiger partial charge in [0.25, 0.3) is 0 Å². The summed E-state index contributed by atoms with van der Waals surface area (Å²) in [6, 6.07) is 14.0. The minimum absolute atomic E-state index is 0.0742. The van der Waals surface area contributed by atoms with E-state index in [1.54, 1.807) is 41.3 Å². The van der Waals surface area contributed by atoms with Crippen molar-refractivity contribution in [1.82, 2.24) is 15.5 Å². The minimum atomic E-state index is -0.564. The zero-order valence-corrected chi connectivity index (χ0v) is 22.0. The number of ether oxygens (including phenoxy) is 1. The van der Waals surface area contributed by atoms with Gasteiger partial charge in [-0.05, 0) is 75.9 Å². The Morgan fingerprint density at radius 2 is 1.61 bits per heavy atom. The lowest BCUT2D eigenvalue weighted by molar-refractivity contribution is -0.120. The Morgan fingerprint density at radius 1 is 0.972 bits per heavy atom. The van der Waals surface area contributed by atoms with Crippen molar-refractivity contribution in [3.8, 4) is 0 Å². The molecule has 1 saturated heterocycles. The van der Waals surface area contributed by atoms with Crippen molar-refractivity contribution in [2.45, 2.75) is 71.2 Å². The molecule has 2 aromatic carbocycles. The van der Waals surface area contributed by atoms with Crippen molar-refractivity contribution < 1.29 is 19.1 Å². The molecule has 1 heterocycles. The maximum Gasteiger partial charge on any atom is 0.410 e. The Morgan fingerprint density at radius 3 is 2.25 bits per heavy atom. The predicted molar refractivity (Wildman–Crippen MR) is 141 cm³/mol. The second kappa shape index (κ2) is 12.1. The van der Waals surface area contributed by atoms with E-state index in [-0.39, 0.29) is 36.5 Å². The van der Waals surface area contributed by atoms with E-state index in [2.05, 4.69) is 16.0 Å². The molecule has 194 valence electrons. The molecular formula is C27H35ClN4O4. The van der Waals surface area contributed by atoms with Crippen LogP contribution in [0.15, 0.2) is 48.5 Å². The van der Waals surface area contributed by atoms with E-state index in [1.165, 1.54) is 0 Å². The molecule has 3 rings (SSSR count). The summed E-state index contributed by atoms with van der Waals surface area (Å²) in [4.78, 5) is 39.0. The Labute approximate surface area is 217 Å². The van der Waals surface area contributed by atoms with Gasteiger partial charge in [0.05, 0.1) is 12.5 Å². The lowest BCUT2D eigenvalue weighted by atomic mass is 10.1. The molecule has 0 aliphatic carbocycles. The van der Waals surface area contributed by atoms with Crippen molar-refractivity contribution >= 4 is 35.3 Å². The summed E-state index contributed by atoms with van der Waals surface area (Å²) in [6.07, 6.45) is 1.56. The zero-order chi connectivity index (χ0) is 26.3. The van der Waals surface area contributed by atoms with Gasteiger partial charge in [-0.15, -0.1) is 0 Å². The molecule has 2 atom stereocenters. The van der Waals surface area contributed by atoms with E-state index >= 15 is 0 Å². The summed E-state index contributed by atoms with van der Waals surface area (Å²) in [5.74, 6) is -0.125. The van der Waals surface area contributed by atoms with Crippen molar-refractivity contribution in [1.29, 1.82) is 0 Å². The molecule has 8 nitrogen and oxygen atoms in total. The van der Waals surface area contributed by atoms with Gasteiger partial charge >= 0.3 is 12.1 Å². The maximum absolute atomic E-state index is 12.6. The number of amides is 4. The second-order valence-corrected chi connectivity index (χ2v) is 10.5. The van der Waals surface area contributed by atoms with Gasteiger partial charge in [0, 0.05) is 29.8 Å². The quantitative estimate of drug-likeness (QED) is 0.478. The lowest BCUT2D eigenvalue weighted by Gasteiger charge is -2.31. The number of anilines is 1. The van der Waals surface area contributed by atoms with Gasteiger partial charge in [-0.1, -0.05) is 35.9 Å². The van der Waals surface area contributed by atoms with Crippen molar-refractivity contribution in [2.75, 3.05) is 11.9 Å². The van der Waals surface area contributed by atoms with E-state index in [9.17, 15) is 14.4 Å². The monoisotopic (exact) mass is 514 g/mol. The fourth-order valence-electron chi connectivity index (χ4n) is 4.06. The lowest BCUT2D eigenvalue weighted by Crippen LogP contribution is -2.47. The van der Waals surface area contributed by atoms with Crippen LogP contribution < -0.4 is 16.0 Å². The standard InChI is InChI=1S/C27H35ClN4O4/c1-18-5-14-23(32(18)26(35)36-27(2,3)4)17-29-24(33)15-19-8-12-22(13-9-19)31-25(34)30-16-20-6-10-21(28)11-7-20/h6-13,18,23H,5,14-17H2,1-4H3,(H,29,33)(H2,30,31,34). The predicted octanol–water partition coefficient (Wildman–Crippen LogP) is 5.11. The van der Waals surface area contributed by atoms with Gasteiger partial charge in [0.2, 0.25) is 5.91 Å². The van der Waals surface area contributed by atoms with Crippen LogP contribution in [0.4, 0.5) is 15.3 Å². The highest BCUT2D eigenvalue weighted by atomic mass is 35.5. The molecule has 0 radical (unpaired) electrons. The molecule has 1 aliphatic rings. The van der Waals surface area contributed by atoms with Gasteiger partial charge in [0.15, 0.2) is 0 Å². The van der Waals surface area contributed by atoms with Crippen molar-refractivity contribution in [3.63, 3.8) is 0 Å². The molecule has 9 heteroatoms. The first-order chi connectivity index (χ1) is 17.0. The number of rotatable bonds is 7. The van der Waals surface area contributed by atoms with E-state index in [0.717, 1.165) is 24.0 Å². The zero-order valence-electron chi connectivity index (χ0n) is 21.3. The first-order valence-corrected chi connectivity index (χ1v) is 12.5. The number of carbonyl (C=O) groups is 3. The highest BCUT2D eigenvalue weighted by Gasteiger charge is 2.37. The molecule has 1 fully saturated rings. The Balaban J connectivity index is 1.43. The van der Waals surface area contributed by atoms with Gasteiger partial charge in [-0.25, -0.2) is 9.59 Å². The number of benzene rings is 2. The van der Waals surface area contributed by atoms with Crippen LogP contribution in [-0.4, -0.2) is 47.2 Å². The fraction of sp³-hybridized carbons (Fsp3) is 0.444. The number of halogens is 1. The molecule has 0 bridgehead atoms. The normalized spacial score (nSPS) is 17.4. The van der Waals surface area contributed by atoms with E-state index in [1.807, 2.05) is 39.8 Å². The molecule has 2 aromatic rings. The van der Waals surface area contributed by atoms with Gasteiger partial charge in [-0.2, -0.15) is 0 Å². The maximum atomic E-state index is 12.6. The first kappa shape index (κ1) is 27.3. The molecule has 0 saturated carbocycles. The number of nitrogens with zero attached hydrogens (tertiary/aromatic N) is 1. The highest BCUT2D eigenvalue weighted by molar-refractivity contribution is 6.30. The first-order valence-electron chi connectivity index (χ1n) is 12.2. The third-order valence-electron chi connectivity index (χ3n) is 5.87. The molecular weight excluding hydrogens is 480 g/mol. The fourth-order valence-corrected chi connectivity index (χ4v) is 4.19. The SMILES string of the molecule is CC1CCC(CNC(=O)Cc2ccc(NC(=O)NCc3ccc(Cl)cc3)cc2)N1C(=O)OC(C)(C)C. The molecule has 3 N–H and O–H groups in total. The average molecular weight is 515 g/mol.